The number of rotatable bonds is 5. The monoisotopic (exact) mass is 290 g/mol. The second-order valence-electron chi connectivity index (χ2n) is 6.78. The summed E-state index contributed by atoms with van der Waals surface area (Å²) < 4.78 is 5.39. The van der Waals surface area contributed by atoms with Crippen LogP contribution in [0.5, 0.6) is 0 Å². The highest BCUT2D eigenvalue weighted by molar-refractivity contribution is 5.55. The van der Waals surface area contributed by atoms with Gasteiger partial charge in [0.2, 0.25) is 0 Å². The first-order chi connectivity index (χ1) is 10.0. The zero-order valence-electron chi connectivity index (χ0n) is 14.1. The third kappa shape index (κ3) is 3.78. The summed E-state index contributed by atoms with van der Waals surface area (Å²) in [7, 11) is 1.77. The lowest BCUT2D eigenvalue weighted by Crippen LogP contribution is -2.60. The van der Waals surface area contributed by atoms with Gasteiger partial charge < -0.3 is 15.0 Å². The molecule has 3 nitrogen and oxygen atoms in total. The summed E-state index contributed by atoms with van der Waals surface area (Å²) in [5.41, 5.74) is 2.63. The number of ether oxygens (including phenoxy) is 1. The first-order valence-corrected chi connectivity index (χ1v) is 8.11. The minimum absolute atomic E-state index is 0.540. The summed E-state index contributed by atoms with van der Waals surface area (Å²) in [6.45, 7) is 12.0. The Morgan fingerprint density at radius 2 is 1.90 bits per heavy atom. The number of nitrogens with zero attached hydrogens (tertiary/aromatic N) is 1. The van der Waals surface area contributed by atoms with E-state index in [0.717, 1.165) is 13.1 Å². The molecule has 1 aliphatic rings. The van der Waals surface area contributed by atoms with Crippen molar-refractivity contribution >= 4 is 5.69 Å². The Kier molecular flexibility index (Phi) is 5.65. The normalized spacial score (nSPS) is 23.1. The van der Waals surface area contributed by atoms with Gasteiger partial charge in [0, 0.05) is 43.5 Å². The van der Waals surface area contributed by atoms with Crippen LogP contribution < -0.4 is 10.2 Å². The average Bonchev–Trinajstić information content (AvgIpc) is 2.47. The number of benzene rings is 1. The standard InChI is InChI=1S/C18H30N2O/c1-13(2)16-11-20(18(10-19-16)14(3)4)17-9-7-6-8-15(17)12-21-5/h6-9,13-14,16,18-19H,10-12H2,1-5H3. The van der Waals surface area contributed by atoms with Crippen LogP contribution in [0, 0.1) is 11.8 Å². The highest BCUT2D eigenvalue weighted by Gasteiger charge is 2.32. The summed E-state index contributed by atoms with van der Waals surface area (Å²) in [6, 6.07) is 9.76. The largest absolute Gasteiger partial charge is 0.380 e. The number of nitrogens with one attached hydrogen (secondary N) is 1. The van der Waals surface area contributed by atoms with Gasteiger partial charge in [-0.3, -0.25) is 0 Å². The lowest BCUT2D eigenvalue weighted by atomic mass is 9.93. The van der Waals surface area contributed by atoms with E-state index in [0.29, 0.717) is 30.5 Å². The molecule has 2 rings (SSSR count). The van der Waals surface area contributed by atoms with E-state index in [1.54, 1.807) is 7.11 Å². The number of methoxy groups -OCH3 is 1. The maximum atomic E-state index is 5.39. The Morgan fingerprint density at radius 1 is 1.19 bits per heavy atom. The van der Waals surface area contributed by atoms with Crippen LogP contribution in [0.25, 0.3) is 0 Å². The number of piperazine rings is 1. The van der Waals surface area contributed by atoms with Crippen LogP contribution in [-0.2, 0) is 11.3 Å². The second-order valence-corrected chi connectivity index (χ2v) is 6.78. The van der Waals surface area contributed by atoms with Crippen molar-refractivity contribution in [3.63, 3.8) is 0 Å². The molecule has 3 heteroatoms. The summed E-state index contributed by atoms with van der Waals surface area (Å²) in [5.74, 6) is 1.27. The smallest absolute Gasteiger partial charge is 0.0733 e. The number of hydrogen-bond acceptors (Lipinski definition) is 3. The molecule has 2 atom stereocenters. The predicted octanol–water partition coefficient (Wildman–Crippen LogP) is 3.29. The van der Waals surface area contributed by atoms with Gasteiger partial charge in [-0.1, -0.05) is 45.9 Å². The fourth-order valence-electron chi connectivity index (χ4n) is 3.18. The molecule has 2 unspecified atom stereocenters. The van der Waals surface area contributed by atoms with E-state index in [-0.39, 0.29) is 0 Å². The molecule has 1 heterocycles. The van der Waals surface area contributed by atoms with Gasteiger partial charge in [0.05, 0.1) is 6.61 Å². The van der Waals surface area contributed by atoms with Crippen LogP contribution in [0.15, 0.2) is 24.3 Å². The Morgan fingerprint density at radius 3 is 2.52 bits per heavy atom. The molecule has 1 aromatic carbocycles. The quantitative estimate of drug-likeness (QED) is 0.900. The molecule has 1 aliphatic heterocycles. The van der Waals surface area contributed by atoms with E-state index in [1.807, 2.05) is 0 Å². The minimum atomic E-state index is 0.540. The molecule has 1 aromatic rings. The third-order valence-corrected chi connectivity index (χ3v) is 4.56. The van der Waals surface area contributed by atoms with Crippen molar-refractivity contribution in [2.24, 2.45) is 11.8 Å². The van der Waals surface area contributed by atoms with Crippen molar-refractivity contribution in [3.8, 4) is 0 Å². The highest BCUT2D eigenvalue weighted by atomic mass is 16.5. The van der Waals surface area contributed by atoms with Crippen molar-refractivity contribution in [1.29, 1.82) is 0 Å². The van der Waals surface area contributed by atoms with Crippen molar-refractivity contribution in [2.45, 2.75) is 46.4 Å². The van der Waals surface area contributed by atoms with Gasteiger partial charge in [0.25, 0.3) is 0 Å². The van der Waals surface area contributed by atoms with E-state index in [2.05, 4.69) is 62.2 Å². The number of anilines is 1. The fourth-order valence-corrected chi connectivity index (χ4v) is 3.18. The average molecular weight is 290 g/mol. The molecule has 21 heavy (non-hydrogen) atoms. The molecule has 1 N–H and O–H groups in total. The van der Waals surface area contributed by atoms with Crippen molar-refractivity contribution in [2.75, 3.05) is 25.1 Å². The summed E-state index contributed by atoms with van der Waals surface area (Å²) in [4.78, 5) is 2.60. The van der Waals surface area contributed by atoms with Gasteiger partial charge in [-0.05, 0) is 17.9 Å². The van der Waals surface area contributed by atoms with Crippen molar-refractivity contribution in [1.82, 2.24) is 5.32 Å². The van der Waals surface area contributed by atoms with Gasteiger partial charge in [-0.15, -0.1) is 0 Å². The molecular formula is C18H30N2O. The van der Waals surface area contributed by atoms with Gasteiger partial charge in [0.1, 0.15) is 0 Å². The van der Waals surface area contributed by atoms with Crippen LogP contribution in [0.1, 0.15) is 33.3 Å². The Balaban J connectivity index is 2.31. The van der Waals surface area contributed by atoms with Gasteiger partial charge in [-0.25, -0.2) is 0 Å². The molecule has 0 saturated carbocycles. The molecular weight excluding hydrogens is 260 g/mol. The molecule has 0 spiro atoms. The Labute approximate surface area is 129 Å². The topological polar surface area (TPSA) is 24.5 Å². The molecule has 0 aromatic heterocycles. The van der Waals surface area contributed by atoms with E-state index in [9.17, 15) is 0 Å². The predicted molar refractivity (Wildman–Crippen MR) is 89.8 cm³/mol. The maximum Gasteiger partial charge on any atom is 0.0733 e. The maximum absolute atomic E-state index is 5.39. The summed E-state index contributed by atoms with van der Waals surface area (Å²) in [5, 5.41) is 3.73. The molecule has 0 bridgehead atoms. The zero-order chi connectivity index (χ0) is 15.4. The molecule has 0 amide bonds. The van der Waals surface area contributed by atoms with Gasteiger partial charge in [0.15, 0.2) is 0 Å². The third-order valence-electron chi connectivity index (χ3n) is 4.56. The first-order valence-electron chi connectivity index (χ1n) is 8.11. The van der Waals surface area contributed by atoms with Crippen LogP contribution in [0.3, 0.4) is 0 Å². The van der Waals surface area contributed by atoms with Crippen molar-refractivity contribution in [3.05, 3.63) is 29.8 Å². The van der Waals surface area contributed by atoms with Gasteiger partial charge >= 0.3 is 0 Å². The van der Waals surface area contributed by atoms with Crippen LogP contribution >= 0.6 is 0 Å². The fraction of sp³-hybridized carbons (Fsp3) is 0.667. The molecule has 1 saturated heterocycles. The van der Waals surface area contributed by atoms with E-state index in [1.165, 1.54) is 11.3 Å². The van der Waals surface area contributed by atoms with E-state index < -0.39 is 0 Å². The van der Waals surface area contributed by atoms with Crippen LogP contribution in [0.4, 0.5) is 5.69 Å². The molecule has 0 radical (unpaired) electrons. The van der Waals surface area contributed by atoms with Gasteiger partial charge in [-0.2, -0.15) is 0 Å². The van der Waals surface area contributed by atoms with Crippen LogP contribution in [0.2, 0.25) is 0 Å². The zero-order valence-corrected chi connectivity index (χ0v) is 14.1. The lowest BCUT2D eigenvalue weighted by Gasteiger charge is -2.45. The summed E-state index contributed by atoms with van der Waals surface area (Å²) in [6.07, 6.45) is 0. The summed E-state index contributed by atoms with van der Waals surface area (Å²) >= 11 is 0. The number of hydrogen-bond donors (Lipinski definition) is 1. The SMILES string of the molecule is COCc1ccccc1N1CC(C(C)C)NCC1C(C)C. The molecule has 118 valence electrons. The lowest BCUT2D eigenvalue weighted by molar-refractivity contribution is 0.184. The first kappa shape index (κ1) is 16.3. The molecule has 0 aliphatic carbocycles. The molecule has 1 fully saturated rings. The number of para-hydroxylation sites is 1. The minimum Gasteiger partial charge on any atom is -0.380 e. The Bertz CT molecular complexity index is 445. The highest BCUT2D eigenvalue weighted by Crippen LogP contribution is 2.28. The van der Waals surface area contributed by atoms with E-state index >= 15 is 0 Å². The Hall–Kier alpha value is -1.06. The van der Waals surface area contributed by atoms with E-state index in [4.69, 9.17) is 4.74 Å². The van der Waals surface area contributed by atoms with Crippen molar-refractivity contribution < 1.29 is 4.74 Å². The second kappa shape index (κ2) is 7.28. The van der Waals surface area contributed by atoms with Crippen LogP contribution in [-0.4, -0.2) is 32.3 Å².